The summed E-state index contributed by atoms with van der Waals surface area (Å²) in [4.78, 5) is 10.7. The van der Waals surface area contributed by atoms with E-state index in [2.05, 4.69) is 6.92 Å². The first-order valence-corrected chi connectivity index (χ1v) is 6.34. The average molecular weight is 225 g/mol. The van der Waals surface area contributed by atoms with Gasteiger partial charge in [0.2, 0.25) is 5.70 Å². The van der Waals surface area contributed by atoms with Crippen molar-refractivity contribution in [3.8, 4) is 0 Å². The van der Waals surface area contributed by atoms with Crippen molar-refractivity contribution < 1.29 is 4.92 Å². The molecule has 1 fully saturated rings. The van der Waals surface area contributed by atoms with E-state index < -0.39 is 0 Å². The fraction of sp³-hybridized carbons (Fsp3) is 0.846. The molecule has 0 radical (unpaired) electrons. The predicted molar refractivity (Wildman–Crippen MR) is 65.7 cm³/mol. The number of nitro groups is 1. The van der Waals surface area contributed by atoms with Crippen LogP contribution in [0.4, 0.5) is 0 Å². The van der Waals surface area contributed by atoms with E-state index in [1.807, 2.05) is 19.9 Å². The van der Waals surface area contributed by atoms with E-state index in [1.165, 1.54) is 12.8 Å². The van der Waals surface area contributed by atoms with Gasteiger partial charge in [-0.15, -0.1) is 0 Å². The van der Waals surface area contributed by atoms with Crippen molar-refractivity contribution >= 4 is 0 Å². The third kappa shape index (κ3) is 4.33. The highest BCUT2D eigenvalue weighted by Gasteiger charge is 2.21. The number of hydrogen-bond acceptors (Lipinski definition) is 2. The molecule has 0 aromatic carbocycles. The SMILES string of the molecule is CC(C)CC(=CC1CCCC(C)C1)[N+](=O)[O-]. The third-order valence-electron chi connectivity index (χ3n) is 3.26. The maximum Gasteiger partial charge on any atom is 0.242 e. The molecular weight excluding hydrogens is 202 g/mol. The number of nitrogens with zero attached hydrogens (tertiary/aromatic N) is 1. The Balaban J connectivity index is 2.65. The van der Waals surface area contributed by atoms with Gasteiger partial charge in [-0.05, 0) is 36.7 Å². The van der Waals surface area contributed by atoms with Crippen LogP contribution in [0.3, 0.4) is 0 Å². The maximum atomic E-state index is 10.9. The van der Waals surface area contributed by atoms with Crippen molar-refractivity contribution in [2.24, 2.45) is 17.8 Å². The van der Waals surface area contributed by atoms with Crippen LogP contribution in [-0.2, 0) is 0 Å². The molecule has 3 nitrogen and oxygen atoms in total. The Hall–Kier alpha value is -0.860. The van der Waals surface area contributed by atoms with E-state index in [4.69, 9.17) is 0 Å². The molecular formula is C13H23NO2. The molecule has 1 aliphatic rings. The summed E-state index contributed by atoms with van der Waals surface area (Å²) in [5.41, 5.74) is 0.425. The minimum atomic E-state index is -0.195. The maximum absolute atomic E-state index is 10.9. The summed E-state index contributed by atoms with van der Waals surface area (Å²) in [6.07, 6.45) is 7.26. The fourth-order valence-electron chi connectivity index (χ4n) is 2.53. The number of allylic oxidation sites excluding steroid dienone is 2. The highest BCUT2D eigenvalue weighted by molar-refractivity contribution is 4.98. The highest BCUT2D eigenvalue weighted by Crippen LogP contribution is 2.30. The zero-order valence-electron chi connectivity index (χ0n) is 10.6. The third-order valence-corrected chi connectivity index (χ3v) is 3.26. The molecule has 1 saturated carbocycles. The first kappa shape index (κ1) is 13.2. The first-order valence-electron chi connectivity index (χ1n) is 6.34. The molecule has 0 aromatic heterocycles. The van der Waals surface area contributed by atoms with Crippen LogP contribution in [0.1, 0.15) is 52.9 Å². The molecule has 0 aliphatic heterocycles. The molecule has 16 heavy (non-hydrogen) atoms. The largest absolute Gasteiger partial charge is 0.259 e. The van der Waals surface area contributed by atoms with Crippen molar-refractivity contribution in [1.82, 2.24) is 0 Å². The van der Waals surface area contributed by atoms with Gasteiger partial charge in [0.05, 0.1) is 4.92 Å². The standard InChI is InChI=1S/C13H23NO2/c1-10(2)7-13(14(15)16)9-12-6-4-5-11(3)8-12/h9-12H,4-8H2,1-3H3. The summed E-state index contributed by atoms with van der Waals surface area (Å²) in [6, 6.07) is 0. The minimum Gasteiger partial charge on any atom is -0.259 e. The monoisotopic (exact) mass is 225 g/mol. The predicted octanol–water partition coefficient (Wildman–Crippen LogP) is 4.02. The topological polar surface area (TPSA) is 43.1 Å². The molecule has 2 unspecified atom stereocenters. The van der Waals surface area contributed by atoms with Gasteiger partial charge in [0, 0.05) is 6.42 Å². The van der Waals surface area contributed by atoms with Crippen LogP contribution in [0.5, 0.6) is 0 Å². The first-order chi connectivity index (χ1) is 7.49. The summed E-state index contributed by atoms with van der Waals surface area (Å²) in [5.74, 6) is 1.52. The Morgan fingerprint density at radius 3 is 2.69 bits per heavy atom. The second kappa shape index (κ2) is 6.02. The quantitative estimate of drug-likeness (QED) is 0.535. The molecule has 0 N–H and O–H groups in total. The van der Waals surface area contributed by atoms with Gasteiger partial charge in [0.25, 0.3) is 0 Å². The molecule has 0 spiro atoms. The Kier molecular flexibility index (Phi) is 4.97. The lowest BCUT2D eigenvalue weighted by atomic mass is 9.82. The smallest absolute Gasteiger partial charge is 0.242 e. The molecule has 0 heterocycles. The van der Waals surface area contributed by atoms with Crippen molar-refractivity contribution in [3.63, 3.8) is 0 Å². The van der Waals surface area contributed by atoms with Crippen LogP contribution in [0.2, 0.25) is 0 Å². The van der Waals surface area contributed by atoms with Crippen LogP contribution in [-0.4, -0.2) is 4.92 Å². The lowest BCUT2D eigenvalue weighted by molar-refractivity contribution is -0.429. The molecule has 1 aliphatic carbocycles. The second-order valence-corrected chi connectivity index (χ2v) is 5.54. The zero-order valence-corrected chi connectivity index (χ0v) is 10.6. The second-order valence-electron chi connectivity index (χ2n) is 5.54. The van der Waals surface area contributed by atoms with Gasteiger partial charge >= 0.3 is 0 Å². The van der Waals surface area contributed by atoms with Crippen LogP contribution in [0.25, 0.3) is 0 Å². The average Bonchev–Trinajstić information content (AvgIpc) is 2.15. The number of hydrogen-bond donors (Lipinski definition) is 0. The van der Waals surface area contributed by atoms with E-state index in [0.29, 0.717) is 24.0 Å². The summed E-state index contributed by atoms with van der Waals surface area (Å²) in [6.45, 7) is 6.30. The van der Waals surface area contributed by atoms with Gasteiger partial charge < -0.3 is 0 Å². The molecule has 3 heteroatoms. The molecule has 0 saturated heterocycles. The lowest BCUT2D eigenvalue weighted by Gasteiger charge is -2.24. The van der Waals surface area contributed by atoms with E-state index in [0.717, 1.165) is 18.8 Å². The van der Waals surface area contributed by atoms with Crippen LogP contribution in [0.15, 0.2) is 11.8 Å². The molecule has 2 atom stereocenters. The van der Waals surface area contributed by atoms with Gasteiger partial charge in [-0.25, -0.2) is 0 Å². The van der Waals surface area contributed by atoms with Gasteiger partial charge in [-0.2, -0.15) is 0 Å². The summed E-state index contributed by atoms with van der Waals surface area (Å²) in [7, 11) is 0. The van der Waals surface area contributed by atoms with Crippen molar-refractivity contribution in [3.05, 3.63) is 21.9 Å². The normalized spacial score (nSPS) is 27.1. The van der Waals surface area contributed by atoms with Gasteiger partial charge in [-0.1, -0.05) is 33.6 Å². The minimum absolute atomic E-state index is 0.195. The lowest BCUT2D eigenvalue weighted by Crippen LogP contribution is -2.13. The van der Waals surface area contributed by atoms with Gasteiger partial charge in [0.1, 0.15) is 0 Å². The molecule has 1 rings (SSSR count). The van der Waals surface area contributed by atoms with Crippen LogP contribution < -0.4 is 0 Å². The fourth-order valence-corrected chi connectivity index (χ4v) is 2.53. The molecule has 0 aromatic rings. The summed E-state index contributed by atoms with van der Waals surface area (Å²) >= 11 is 0. The van der Waals surface area contributed by atoms with Crippen molar-refractivity contribution in [1.29, 1.82) is 0 Å². The van der Waals surface area contributed by atoms with E-state index >= 15 is 0 Å². The number of rotatable bonds is 4. The van der Waals surface area contributed by atoms with E-state index in [-0.39, 0.29) is 4.92 Å². The van der Waals surface area contributed by atoms with Crippen molar-refractivity contribution in [2.45, 2.75) is 52.9 Å². The van der Waals surface area contributed by atoms with E-state index in [1.54, 1.807) is 0 Å². The Bertz CT molecular complexity index is 271. The Morgan fingerprint density at radius 2 is 2.19 bits per heavy atom. The van der Waals surface area contributed by atoms with Gasteiger partial charge in [0.15, 0.2) is 0 Å². The molecule has 0 bridgehead atoms. The Labute approximate surface area is 98.1 Å². The molecule has 92 valence electrons. The zero-order chi connectivity index (χ0) is 12.1. The van der Waals surface area contributed by atoms with Gasteiger partial charge in [-0.3, -0.25) is 10.1 Å². The highest BCUT2D eigenvalue weighted by atomic mass is 16.6. The molecule has 0 amide bonds. The summed E-state index contributed by atoms with van der Waals surface area (Å²) in [5, 5.41) is 10.9. The summed E-state index contributed by atoms with van der Waals surface area (Å²) < 4.78 is 0. The van der Waals surface area contributed by atoms with Crippen LogP contribution in [0, 0.1) is 27.9 Å². The van der Waals surface area contributed by atoms with E-state index in [9.17, 15) is 10.1 Å². The van der Waals surface area contributed by atoms with Crippen LogP contribution >= 0.6 is 0 Å². The van der Waals surface area contributed by atoms with Crippen molar-refractivity contribution in [2.75, 3.05) is 0 Å². The Morgan fingerprint density at radius 1 is 1.50 bits per heavy atom.